The number of thiol groups is 1. The Morgan fingerprint density at radius 3 is 3.00 bits per heavy atom. The molecule has 0 atom stereocenters. The Morgan fingerprint density at radius 1 is 1.46 bits per heavy atom. The highest BCUT2D eigenvalue weighted by atomic mass is 32.1. The Balaban J connectivity index is 2.79. The van der Waals surface area contributed by atoms with Crippen LogP contribution in [0.3, 0.4) is 0 Å². The van der Waals surface area contributed by atoms with Crippen molar-refractivity contribution in [3.63, 3.8) is 0 Å². The average molecular weight is 192 g/mol. The average Bonchev–Trinajstić information content (AvgIpc) is 2.16. The Morgan fingerprint density at radius 2 is 2.31 bits per heavy atom. The van der Waals surface area contributed by atoms with Crippen LogP contribution in [0.2, 0.25) is 0 Å². The zero-order chi connectivity index (χ0) is 9.52. The van der Waals surface area contributed by atoms with Gasteiger partial charge in [0.05, 0.1) is 12.4 Å². The molecule has 2 heteroatoms. The zero-order valence-corrected chi connectivity index (χ0v) is 8.47. The molecule has 0 saturated heterocycles. The molecule has 1 rings (SSSR count). The van der Waals surface area contributed by atoms with Gasteiger partial charge in [-0.1, -0.05) is 17.9 Å². The van der Waals surface area contributed by atoms with Gasteiger partial charge in [-0.05, 0) is 25.1 Å². The van der Waals surface area contributed by atoms with Gasteiger partial charge in [0.1, 0.15) is 5.75 Å². The van der Waals surface area contributed by atoms with E-state index < -0.39 is 0 Å². The third kappa shape index (κ3) is 3.43. The molecule has 0 aliphatic heterocycles. The molecule has 1 nitrogen and oxygen atoms in total. The molecule has 0 saturated carbocycles. The number of benzene rings is 1. The van der Waals surface area contributed by atoms with E-state index in [-0.39, 0.29) is 0 Å². The molecule has 0 heterocycles. The molecule has 0 bridgehead atoms. The van der Waals surface area contributed by atoms with E-state index in [1.54, 1.807) is 0 Å². The van der Waals surface area contributed by atoms with Gasteiger partial charge >= 0.3 is 0 Å². The van der Waals surface area contributed by atoms with Crippen LogP contribution in [0.4, 0.5) is 0 Å². The molecular formula is C11H12OS. The third-order valence-corrected chi connectivity index (χ3v) is 1.61. The molecule has 68 valence electrons. The van der Waals surface area contributed by atoms with Gasteiger partial charge in [-0.2, -0.15) is 12.6 Å². The second kappa shape index (κ2) is 5.55. The molecule has 0 aromatic heterocycles. The van der Waals surface area contributed by atoms with Gasteiger partial charge in [0.25, 0.3) is 0 Å². The van der Waals surface area contributed by atoms with Crippen LogP contribution in [0.5, 0.6) is 5.75 Å². The molecule has 1 aromatic rings. The molecule has 0 N–H and O–H groups in total. The predicted octanol–water partition coefficient (Wildman–Crippen LogP) is 2.37. The lowest BCUT2D eigenvalue weighted by Gasteiger charge is -2.01. The smallest absolute Gasteiger partial charge is 0.120 e. The summed E-state index contributed by atoms with van der Waals surface area (Å²) < 4.78 is 5.34. The van der Waals surface area contributed by atoms with Crippen molar-refractivity contribution in [1.29, 1.82) is 0 Å². The van der Waals surface area contributed by atoms with Crippen molar-refractivity contribution in [2.45, 2.75) is 6.92 Å². The minimum atomic E-state index is 0.582. The van der Waals surface area contributed by atoms with Gasteiger partial charge < -0.3 is 4.74 Å². The first kappa shape index (κ1) is 10.0. The summed E-state index contributed by atoms with van der Waals surface area (Å²) in [6.07, 6.45) is 0. The fourth-order valence-electron chi connectivity index (χ4n) is 0.972. The molecular weight excluding hydrogens is 180 g/mol. The van der Waals surface area contributed by atoms with Gasteiger partial charge in [0, 0.05) is 5.56 Å². The van der Waals surface area contributed by atoms with E-state index in [4.69, 9.17) is 4.74 Å². The Kier molecular flexibility index (Phi) is 4.28. The van der Waals surface area contributed by atoms with Crippen molar-refractivity contribution >= 4 is 12.6 Å². The quantitative estimate of drug-likeness (QED) is 0.559. The summed E-state index contributed by atoms with van der Waals surface area (Å²) >= 11 is 4.01. The lowest BCUT2D eigenvalue weighted by molar-refractivity contribution is 0.340. The molecule has 1 aromatic carbocycles. The second-order valence-electron chi connectivity index (χ2n) is 2.42. The number of hydrogen-bond acceptors (Lipinski definition) is 2. The first-order valence-corrected chi connectivity index (χ1v) is 4.82. The molecule has 0 aliphatic carbocycles. The number of hydrogen-bond donors (Lipinski definition) is 1. The SMILES string of the molecule is CCOc1cccc(C#CCS)c1. The molecule has 0 unspecified atom stereocenters. The van der Waals surface area contributed by atoms with E-state index in [9.17, 15) is 0 Å². The summed E-state index contributed by atoms with van der Waals surface area (Å²) in [5.41, 5.74) is 0.972. The minimum Gasteiger partial charge on any atom is -0.494 e. The van der Waals surface area contributed by atoms with Crippen LogP contribution in [0.25, 0.3) is 0 Å². The molecule has 0 amide bonds. The van der Waals surface area contributed by atoms with Crippen LogP contribution >= 0.6 is 12.6 Å². The highest BCUT2D eigenvalue weighted by molar-refractivity contribution is 7.80. The van der Waals surface area contributed by atoms with Crippen molar-refractivity contribution in [3.8, 4) is 17.6 Å². The topological polar surface area (TPSA) is 9.23 Å². The maximum atomic E-state index is 5.34. The lowest BCUT2D eigenvalue weighted by atomic mass is 10.2. The highest BCUT2D eigenvalue weighted by Gasteiger charge is 1.91. The van der Waals surface area contributed by atoms with Crippen LogP contribution in [0, 0.1) is 11.8 Å². The van der Waals surface area contributed by atoms with E-state index in [2.05, 4.69) is 24.5 Å². The molecule has 0 aliphatic rings. The maximum Gasteiger partial charge on any atom is 0.120 e. The van der Waals surface area contributed by atoms with Crippen molar-refractivity contribution in [2.24, 2.45) is 0 Å². The standard InChI is InChI=1S/C11H12OS/c1-2-12-11-7-3-5-10(9-11)6-4-8-13/h3,5,7,9,13H,2,8H2,1H3. The van der Waals surface area contributed by atoms with E-state index in [1.165, 1.54) is 0 Å². The van der Waals surface area contributed by atoms with Crippen molar-refractivity contribution < 1.29 is 4.74 Å². The van der Waals surface area contributed by atoms with Gasteiger partial charge in [-0.25, -0.2) is 0 Å². The zero-order valence-electron chi connectivity index (χ0n) is 7.58. The fraction of sp³-hybridized carbons (Fsp3) is 0.273. The molecule has 0 fully saturated rings. The normalized spacial score (nSPS) is 8.77. The predicted molar refractivity (Wildman–Crippen MR) is 58.3 cm³/mol. The van der Waals surface area contributed by atoms with Gasteiger partial charge in [-0.15, -0.1) is 0 Å². The summed E-state index contributed by atoms with van der Waals surface area (Å²) in [5, 5.41) is 0. The van der Waals surface area contributed by atoms with Gasteiger partial charge in [-0.3, -0.25) is 0 Å². The van der Waals surface area contributed by atoms with E-state index in [1.807, 2.05) is 31.2 Å². The van der Waals surface area contributed by atoms with Gasteiger partial charge in [0.15, 0.2) is 0 Å². The van der Waals surface area contributed by atoms with Crippen LogP contribution in [0.15, 0.2) is 24.3 Å². The van der Waals surface area contributed by atoms with Crippen molar-refractivity contribution in [3.05, 3.63) is 29.8 Å². The van der Waals surface area contributed by atoms with Crippen molar-refractivity contribution in [2.75, 3.05) is 12.4 Å². The molecule has 0 radical (unpaired) electrons. The first-order valence-electron chi connectivity index (χ1n) is 4.19. The first-order chi connectivity index (χ1) is 6.36. The highest BCUT2D eigenvalue weighted by Crippen LogP contribution is 2.11. The monoisotopic (exact) mass is 192 g/mol. The second-order valence-corrected chi connectivity index (χ2v) is 2.74. The Hall–Kier alpha value is -1.07. The third-order valence-electron chi connectivity index (χ3n) is 1.46. The van der Waals surface area contributed by atoms with Gasteiger partial charge in [0.2, 0.25) is 0 Å². The van der Waals surface area contributed by atoms with Crippen LogP contribution in [0.1, 0.15) is 12.5 Å². The van der Waals surface area contributed by atoms with E-state index in [0.29, 0.717) is 12.4 Å². The number of ether oxygens (including phenoxy) is 1. The summed E-state index contributed by atoms with van der Waals surface area (Å²) in [5.74, 6) is 7.33. The van der Waals surface area contributed by atoms with Crippen LogP contribution in [-0.4, -0.2) is 12.4 Å². The summed E-state index contributed by atoms with van der Waals surface area (Å²) in [7, 11) is 0. The van der Waals surface area contributed by atoms with Crippen LogP contribution in [-0.2, 0) is 0 Å². The largest absolute Gasteiger partial charge is 0.494 e. The van der Waals surface area contributed by atoms with E-state index in [0.717, 1.165) is 11.3 Å². The minimum absolute atomic E-state index is 0.582. The fourth-order valence-corrected chi connectivity index (χ4v) is 1.05. The summed E-state index contributed by atoms with van der Waals surface area (Å²) in [6.45, 7) is 2.65. The molecule has 13 heavy (non-hydrogen) atoms. The number of rotatable bonds is 2. The molecule has 0 spiro atoms. The van der Waals surface area contributed by atoms with Crippen LogP contribution < -0.4 is 4.74 Å². The van der Waals surface area contributed by atoms with Crippen molar-refractivity contribution in [1.82, 2.24) is 0 Å². The maximum absolute atomic E-state index is 5.34. The summed E-state index contributed by atoms with van der Waals surface area (Å²) in [6, 6.07) is 7.75. The Bertz CT molecular complexity index is 322. The van der Waals surface area contributed by atoms with E-state index >= 15 is 0 Å². The Labute approximate surface area is 84.5 Å². The summed E-state index contributed by atoms with van der Waals surface area (Å²) in [4.78, 5) is 0. The lowest BCUT2D eigenvalue weighted by Crippen LogP contribution is -1.91.